The number of aromatic nitrogens is 2. The molecule has 4 rings (SSSR count). The zero-order valence-corrected chi connectivity index (χ0v) is 19.0. The summed E-state index contributed by atoms with van der Waals surface area (Å²) < 4.78 is 45.8. The first kappa shape index (κ1) is 23.1. The summed E-state index contributed by atoms with van der Waals surface area (Å²) in [6.45, 7) is 1.64. The van der Waals surface area contributed by atoms with Crippen molar-refractivity contribution in [3.63, 3.8) is 0 Å². The standard InChI is InChI=1S/C23H20FN5O4S/c1-13-9-20(23(30)27-18-8-7-16(22(25)26)10-17(18)24)29(28-13)19-11-14-5-3-4-6-15(14)12-21(19)34(31,32)33-2/h3-12H,1-2H3,(H3,25,26)(H,27,30). The zero-order chi connectivity index (χ0) is 24.6. The maximum atomic E-state index is 14.5. The molecule has 0 spiro atoms. The van der Waals surface area contributed by atoms with Crippen molar-refractivity contribution in [3.05, 3.63) is 83.4 Å². The van der Waals surface area contributed by atoms with E-state index in [0.29, 0.717) is 11.1 Å². The molecule has 0 aliphatic carbocycles. The summed E-state index contributed by atoms with van der Waals surface area (Å²) in [5.41, 5.74) is 5.92. The van der Waals surface area contributed by atoms with Crippen LogP contribution < -0.4 is 11.1 Å². The largest absolute Gasteiger partial charge is 0.384 e. The van der Waals surface area contributed by atoms with Crippen LogP contribution in [-0.2, 0) is 14.3 Å². The van der Waals surface area contributed by atoms with Gasteiger partial charge in [0.1, 0.15) is 22.2 Å². The first-order valence-corrected chi connectivity index (χ1v) is 11.4. The van der Waals surface area contributed by atoms with Crippen molar-refractivity contribution in [3.8, 4) is 5.69 Å². The van der Waals surface area contributed by atoms with Gasteiger partial charge in [0, 0.05) is 5.56 Å². The number of halogens is 1. The highest BCUT2D eigenvalue weighted by Crippen LogP contribution is 2.29. The summed E-state index contributed by atoms with van der Waals surface area (Å²) in [5.74, 6) is -1.81. The Morgan fingerprint density at radius 3 is 2.41 bits per heavy atom. The van der Waals surface area contributed by atoms with Crippen LogP contribution >= 0.6 is 0 Å². The van der Waals surface area contributed by atoms with Crippen LogP contribution in [0.5, 0.6) is 0 Å². The average molecular weight is 482 g/mol. The summed E-state index contributed by atoms with van der Waals surface area (Å²) in [5, 5.41) is 15.6. The van der Waals surface area contributed by atoms with Crippen molar-refractivity contribution in [2.24, 2.45) is 5.73 Å². The van der Waals surface area contributed by atoms with Gasteiger partial charge in [0.25, 0.3) is 16.0 Å². The maximum absolute atomic E-state index is 14.5. The van der Waals surface area contributed by atoms with E-state index in [-0.39, 0.29) is 33.4 Å². The minimum Gasteiger partial charge on any atom is -0.384 e. The summed E-state index contributed by atoms with van der Waals surface area (Å²) in [7, 11) is -3.12. The van der Waals surface area contributed by atoms with Gasteiger partial charge in [-0.1, -0.05) is 24.3 Å². The fourth-order valence-electron chi connectivity index (χ4n) is 3.48. The third kappa shape index (κ3) is 4.26. The van der Waals surface area contributed by atoms with E-state index in [1.807, 2.05) is 0 Å². The van der Waals surface area contributed by atoms with E-state index >= 15 is 0 Å². The van der Waals surface area contributed by atoms with E-state index < -0.39 is 21.8 Å². The number of carbonyl (C=O) groups excluding carboxylic acids is 1. The van der Waals surface area contributed by atoms with Gasteiger partial charge in [0.15, 0.2) is 0 Å². The summed E-state index contributed by atoms with van der Waals surface area (Å²) in [6.07, 6.45) is 0. The highest BCUT2D eigenvalue weighted by molar-refractivity contribution is 7.86. The van der Waals surface area contributed by atoms with Crippen LogP contribution in [-0.4, -0.2) is 37.1 Å². The Morgan fingerprint density at radius 1 is 1.12 bits per heavy atom. The summed E-state index contributed by atoms with van der Waals surface area (Å²) in [4.78, 5) is 12.9. The SMILES string of the molecule is COS(=O)(=O)c1cc2ccccc2cc1-n1nc(C)cc1C(=O)Nc1ccc(C(=N)N)cc1F. The number of nitrogens with one attached hydrogen (secondary N) is 2. The predicted molar refractivity (Wildman–Crippen MR) is 125 cm³/mol. The molecule has 0 unspecified atom stereocenters. The second-order valence-electron chi connectivity index (χ2n) is 7.43. The van der Waals surface area contributed by atoms with E-state index in [1.54, 1.807) is 37.3 Å². The van der Waals surface area contributed by atoms with Gasteiger partial charge in [-0.05, 0) is 54.1 Å². The average Bonchev–Trinajstić information content (AvgIpc) is 3.21. The Kier molecular flexibility index (Phi) is 5.90. The van der Waals surface area contributed by atoms with Gasteiger partial charge in [-0.3, -0.25) is 14.4 Å². The lowest BCUT2D eigenvalue weighted by Gasteiger charge is -2.14. The van der Waals surface area contributed by atoms with Crippen molar-refractivity contribution in [2.45, 2.75) is 11.8 Å². The van der Waals surface area contributed by atoms with Gasteiger partial charge in [0.2, 0.25) is 0 Å². The van der Waals surface area contributed by atoms with Gasteiger partial charge in [-0.2, -0.15) is 13.5 Å². The van der Waals surface area contributed by atoms with Gasteiger partial charge in [0.05, 0.1) is 24.2 Å². The molecule has 0 radical (unpaired) electrons. The van der Waals surface area contributed by atoms with Crippen molar-refractivity contribution < 1.29 is 21.8 Å². The molecular formula is C23H20FN5O4S. The van der Waals surface area contributed by atoms with Crippen LogP contribution in [0, 0.1) is 18.2 Å². The van der Waals surface area contributed by atoms with Crippen LogP contribution in [0.1, 0.15) is 21.7 Å². The Morgan fingerprint density at radius 2 is 1.79 bits per heavy atom. The third-order valence-electron chi connectivity index (χ3n) is 5.14. The highest BCUT2D eigenvalue weighted by Gasteiger charge is 2.25. The van der Waals surface area contributed by atoms with Gasteiger partial charge < -0.3 is 11.1 Å². The molecule has 0 fully saturated rings. The number of amidine groups is 1. The first-order chi connectivity index (χ1) is 16.1. The Balaban J connectivity index is 1.84. The molecule has 0 aliphatic heterocycles. The molecule has 0 saturated carbocycles. The van der Waals surface area contributed by atoms with Crippen molar-refractivity contribution in [1.29, 1.82) is 5.41 Å². The number of benzene rings is 3. The van der Waals surface area contributed by atoms with Gasteiger partial charge in [-0.15, -0.1) is 0 Å². The molecule has 4 N–H and O–H groups in total. The molecule has 0 bridgehead atoms. The number of nitrogens with zero attached hydrogens (tertiary/aromatic N) is 2. The van der Waals surface area contributed by atoms with Crippen LogP contribution in [0.3, 0.4) is 0 Å². The van der Waals surface area contributed by atoms with E-state index in [1.165, 1.54) is 28.9 Å². The maximum Gasteiger partial charge on any atom is 0.298 e. The highest BCUT2D eigenvalue weighted by atomic mass is 32.2. The molecule has 34 heavy (non-hydrogen) atoms. The number of nitrogen functional groups attached to an aromatic ring is 1. The molecule has 1 amide bonds. The molecule has 1 aromatic heterocycles. The molecule has 9 nitrogen and oxygen atoms in total. The molecule has 0 atom stereocenters. The predicted octanol–water partition coefficient (Wildman–Crippen LogP) is 3.34. The van der Waals surface area contributed by atoms with Crippen LogP contribution in [0.2, 0.25) is 0 Å². The number of aryl methyl sites for hydroxylation is 1. The number of amides is 1. The lowest BCUT2D eigenvalue weighted by atomic mass is 10.1. The summed E-state index contributed by atoms with van der Waals surface area (Å²) in [6, 6.07) is 15.3. The number of hydrogen-bond acceptors (Lipinski definition) is 6. The number of fused-ring (bicyclic) bond motifs is 1. The van der Waals surface area contributed by atoms with Gasteiger partial charge >= 0.3 is 0 Å². The lowest BCUT2D eigenvalue weighted by molar-refractivity contribution is 0.101. The summed E-state index contributed by atoms with van der Waals surface area (Å²) >= 11 is 0. The second-order valence-corrected chi connectivity index (χ2v) is 9.11. The van der Waals surface area contributed by atoms with Crippen molar-refractivity contribution in [1.82, 2.24) is 9.78 Å². The van der Waals surface area contributed by atoms with E-state index in [4.69, 9.17) is 15.3 Å². The molecule has 3 aromatic carbocycles. The topological polar surface area (TPSA) is 140 Å². The molecule has 11 heteroatoms. The smallest absolute Gasteiger partial charge is 0.298 e. The monoisotopic (exact) mass is 481 g/mol. The Labute approximate surface area is 194 Å². The number of rotatable bonds is 6. The van der Waals surface area contributed by atoms with E-state index in [2.05, 4.69) is 10.4 Å². The minimum absolute atomic E-state index is 0.0182. The second kappa shape index (κ2) is 8.69. The first-order valence-electron chi connectivity index (χ1n) is 9.96. The van der Waals surface area contributed by atoms with E-state index in [0.717, 1.165) is 18.6 Å². The molecule has 0 saturated heterocycles. The molecular weight excluding hydrogens is 461 g/mol. The number of carbonyl (C=O) groups is 1. The third-order valence-corrected chi connectivity index (χ3v) is 6.44. The van der Waals surface area contributed by atoms with Crippen LogP contribution in [0.25, 0.3) is 16.5 Å². The van der Waals surface area contributed by atoms with Crippen molar-refractivity contribution in [2.75, 3.05) is 12.4 Å². The number of hydrogen-bond donors (Lipinski definition) is 3. The fourth-order valence-corrected chi connectivity index (χ4v) is 4.33. The minimum atomic E-state index is -4.16. The fraction of sp³-hybridized carbons (Fsp3) is 0.0870. The molecule has 4 aromatic rings. The van der Waals surface area contributed by atoms with Crippen molar-refractivity contribution >= 4 is 38.3 Å². The number of nitrogens with two attached hydrogens (primary N) is 1. The normalized spacial score (nSPS) is 11.5. The Bertz CT molecular complexity index is 1560. The van der Waals surface area contributed by atoms with Crippen LogP contribution in [0.15, 0.2) is 65.6 Å². The van der Waals surface area contributed by atoms with Gasteiger partial charge in [-0.25, -0.2) is 9.07 Å². The van der Waals surface area contributed by atoms with Crippen LogP contribution in [0.4, 0.5) is 10.1 Å². The lowest BCUT2D eigenvalue weighted by Crippen LogP contribution is -2.19. The zero-order valence-electron chi connectivity index (χ0n) is 18.2. The molecule has 174 valence electrons. The van der Waals surface area contributed by atoms with E-state index in [9.17, 15) is 17.6 Å². The number of anilines is 1. The Hall–Kier alpha value is -4.09. The molecule has 1 heterocycles. The molecule has 0 aliphatic rings. The quantitative estimate of drug-likeness (QED) is 0.219.